The number of ketones is 3. The van der Waals surface area contributed by atoms with Gasteiger partial charge >= 0.3 is 6.09 Å². The molecule has 0 spiro atoms. The number of phenols is 2. The van der Waals surface area contributed by atoms with Crippen molar-refractivity contribution in [1.29, 1.82) is 0 Å². The topological polar surface area (TPSA) is 213 Å². The minimum Gasteiger partial charge on any atom is -0.507 e. The summed E-state index contributed by atoms with van der Waals surface area (Å²) in [7, 11) is 1.33. The number of ether oxygens (including phenoxy) is 4. The molecule has 6 rings (SSSR count). The molecule has 15 nitrogen and oxygen atoms in total. The van der Waals surface area contributed by atoms with Crippen LogP contribution in [0.1, 0.15) is 96.5 Å². The first-order chi connectivity index (χ1) is 23.9. The molecule has 2 aliphatic carbocycles. The van der Waals surface area contributed by atoms with Gasteiger partial charge in [0.2, 0.25) is 5.78 Å². The van der Waals surface area contributed by atoms with Crippen LogP contribution in [0.3, 0.4) is 0 Å². The average Bonchev–Trinajstić information content (AvgIpc) is 3.05. The fraction of sp³-hybridized carbons (Fsp3) is 0.556. The fourth-order valence-corrected chi connectivity index (χ4v) is 7.59. The third-order valence-electron chi connectivity index (χ3n) is 10.2. The molecule has 2 aromatic carbocycles. The Bertz CT molecular complexity index is 1790. The highest BCUT2D eigenvalue weighted by Gasteiger charge is 2.50. The van der Waals surface area contributed by atoms with E-state index >= 15 is 0 Å². The van der Waals surface area contributed by atoms with E-state index < -0.39 is 107 Å². The molecule has 2 aliphatic heterocycles. The van der Waals surface area contributed by atoms with E-state index in [1.807, 2.05) is 0 Å². The van der Waals surface area contributed by atoms with Gasteiger partial charge in [-0.05, 0) is 40.7 Å². The van der Waals surface area contributed by atoms with Crippen LogP contribution < -0.4 is 4.74 Å². The molecule has 0 saturated carbocycles. The van der Waals surface area contributed by atoms with Crippen LogP contribution in [0.25, 0.3) is 0 Å². The Hall–Kier alpha value is -4.12. The first-order valence-electron chi connectivity index (χ1n) is 16.9. The maximum Gasteiger partial charge on any atom is 0.410 e. The van der Waals surface area contributed by atoms with Gasteiger partial charge in [-0.15, -0.1) is 0 Å². The van der Waals surface area contributed by atoms with E-state index in [4.69, 9.17) is 18.9 Å². The number of piperazine rings is 1. The van der Waals surface area contributed by atoms with E-state index in [0.29, 0.717) is 0 Å². The number of benzene rings is 2. The van der Waals surface area contributed by atoms with Crippen molar-refractivity contribution in [1.82, 2.24) is 9.80 Å². The number of amides is 1. The molecule has 4 aliphatic rings. The Balaban J connectivity index is 1.33. The lowest BCUT2D eigenvalue weighted by Crippen LogP contribution is -2.64. The number of nitrogens with zero attached hydrogens (tertiary/aromatic N) is 2. The Labute approximate surface area is 294 Å². The number of aliphatic hydroxyl groups is 3. The van der Waals surface area contributed by atoms with Crippen molar-refractivity contribution in [2.75, 3.05) is 26.7 Å². The summed E-state index contributed by atoms with van der Waals surface area (Å²) in [5.74, 6) is -3.42. The van der Waals surface area contributed by atoms with Crippen molar-refractivity contribution in [3.05, 3.63) is 51.6 Å². The summed E-state index contributed by atoms with van der Waals surface area (Å²) in [5, 5.41) is 57.2. The molecular formula is C36H44N2O13. The van der Waals surface area contributed by atoms with E-state index in [1.165, 1.54) is 37.1 Å². The highest BCUT2D eigenvalue weighted by atomic mass is 16.7. The number of fused-ring (bicyclic) bond motifs is 3. The largest absolute Gasteiger partial charge is 0.507 e. The van der Waals surface area contributed by atoms with Crippen LogP contribution in [-0.2, 0) is 25.4 Å². The van der Waals surface area contributed by atoms with Crippen LogP contribution in [0, 0.1) is 0 Å². The lowest BCUT2D eigenvalue weighted by Gasteiger charge is -2.49. The molecule has 276 valence electrons. The number of aromatic hydroxyl groups is 2. The number of phenolic OH excluding ortho intramolecular Hbond substituents is 2. The van der Waals surface area contributed by atoms with Gasteiger partial charge in [0, 0.05) is 55.1 Å². The van der Waals surface area contributed by atoms with Gasteiger partial charge in [0.25, 0.3) is 0 Å². The smallest absolute Gasteiger partial charge is 0.410 e. The summed E-state index contributed by atoms with van der Waals surface area (Å²) < 4.78 is 23.1. The molecule has 15 heteroatoms. The number of methoxy groups -OCH3 is 1. The van der Waals surface area contributed by atoms with E-state index in [0.717, 1.165) is 0 Å². The molecular weight excluding hydrogens is 668 g/mol. The lowest BCUT2D eigenvalue weighted by molar-refractivity contribution is -0.266. The molecule has 1 amide bonds. The zero-order chi connectivity index (χ0) is 37.3. The number of hydrogen-bond acceptors (Lipinski definition) is 14. The minimum atomic E-state index is -2.09. The van der Waals surface area contributed by atoms with E-state index in [1.54, 1.807) is 32.6 Å². The third-order valence-corrected chi connectivity index (χ3v) is 10.2. The number of carbonyl (C=O) groups excluding carboxylic acids is 4. The summed E-state index contributed by atoms with van der Waals surface area (Å²) in [6.07, 6.45) is -7.09. The Morgan fingerprint density at radius 3 is 2.33 bits per heavy atom. The van der Waals surface area contributed by atoms with Crippen molar-refractivity contribution in [2.45, 2.75) is 102 Å². The maximum absolute atomic E-state index is 13.9. The Kier molecular flexibility index (Phi) is 9.44. The average molecular weight is 713 g/mol. The van der Waals surface area contributed by atoms with Gasteiger partial charge in [0.15, 0.2) is 17.9 Å². The lowest BCUT2D eigenvalue weighted by atomic mass is 9.72. The molecule has 0 bridgehead atoms. The zero-order valence-electron chi connectivity index (χ0n) is 29.3. The van der Waals surface area contributed by atoms with Crippen molar-refractivity contribution >= 4 is 23.4 Å². The van der Waals surface area contributed by atoms with E-state index in [9.17, 15) is 44.7 Å². The molecule has 7 atom stereocenters. The molecule has 2 aromatic rings. The summed E-state index contributed by atoms with van der Waals surface area (Å²) in [6, 6.07) is 3.66. The number of carbonyl (C=O) groups is 4. The van der Waals surface area contributed by atoms with Gasteiger partial charge in [-0.3, -0.25) is 19.3 Å². The molecule has 2 saturated heterocycles. The predicted octanol–water partition coefficient (Wildman–Crippen LogP) is 1.94. The second-order valence-electron chi connectivity index (χ2n) is 14.7. The van der Waals surface area contributed by atoms with Crippen LogP contribution in [-0.4, -0.2) is 127 Å². The molecule has 2 unspecified atom stereocenters. The van der Waals surface area contributed by atoms with Crippen molar-refractivity contribution in [3.8, 4) is 17.2 Å². The quantitative estimate of drug-likeness (QED) is 0.239. The van der Waals surface area contributed by atoms with Gasteiger partial charge < -0.3 is 49.4 Å². The Morgan fingerprint density at radius 1 is 1.02 bits per heavy atom. The number of Topliss-reactive ketones (excluding diaryl/α,β-unsaturated/α-hetero) is 1. The second kappa shape index (κ2) is 13.1. The van der Waals surface area contributed by atoms with Crippen molar-refractivity contribution in [3.63, 3.8) is 0 Å². The highest BCUT2D eigenvalue weighted by Crippen LogP contribution is 2.52. The number of aliphatic hydroxyl groups excluding tert-OH is 2. The van der Waals surface area contributed by atoms with Gasteiger partial charge in [0.05, 0.1) is 48.7 Å². The third kappa shape index (κ3) is 6.36. The van der Waals surface area contributed by atoms with Gasteiger partial charge in [-0.1, -0.05) is 12.1 Å². The molecule has 0 aromatic heterocycles. The van der Waals surface area contributed by atoms with Crippen LogP contribution >= 0.6 is 0 Å². The zero-order valence-corrected chi connectivity index (χ0v) is 29.3. The van der Waals surface area contributed by atoms with Crippen LogP contribution in [0.4, 0.5) is 4.79 Å². The fourth-order valence-electron chi connectivity index (χ4n) is 7.59. The van der Waals surface area contributed by atoms with E-state index in [-0.39, 0.29) is 54.1 Å². The normalized spacial score (nSPS) is 29.5. The van der Waals surface area contributed by atoms with Crippen molar-refractivity contribution < 1.29 is 63.7 Å². The number of hydrogen-bond donors (Lipinski definition) is 5. The minimum absolute atomic E-state index is 0.0288. The molecule has 5 N–H and O–H groups in total. The monoisotopic (exact) mass is 712 g/mol. The summed E-state index contributed by atoms with van der Waals surface area (Å²) in [5.41, 5.74) is -4.12. The standard InChI is InChI=1S/C36H44N2O13/c1-16-29(41)20(38-11-10-37(15-23(38)40)34(46)51-35(3,4)5)12-24(49-16)50-22-14-36(47,17(2)39)13-19-26(22)33(45)28-27(31(19)43)30(42)18-8-7-9-21(48-6)25(18)32(28)44/h7-9,16,20,22-24,29,40-41,43,45,47H,10-15H2,1-6H3/t16-,20?,22-,23?,24-,29+,36-/m0/s1. The predicted molar refractivity (Wildman–Crippen MR) is 177 cm³/mol. The van der Waals surface area contributed by atoms with Crippen molar-refractivity contribution in [2.24, 2.45) is 0 Å². The van der Waals surface area contributed by atoms with Crippen LogP contribution in [0.2, 0.25) is 0 Å². The number of rotatable bonds is 5. The van der Waals surface area contributed by atoms with E-state index in [2.05, 4.69) is 0 Å². The summed E-state index contributed by atoms with van der Waals surface area (Å²) in [4.78, 5) is 56.2. The highest BCUT2D eigenvalue weighted by molar-refractivity contribution is 6.31. The summed E-state index contributed by atoms with van der Waals surface area (Å²) in [6.45, 7) is 8.29. The molecule has 51 heavy (non-hydrogen) atoms. The SMILES string of the molecule is COc1cccc2c1C(=O)c1c(O)c3c(c(O)c1C2=O)C[C@@](O)(C(C)=O)C[C@@H]3O[C@H]1CC(N2CCN(C(=O)OC(C)(C)C)CC2O)[C@H](O)[C@H](C)O1. The summed E-state index contributed by atoms with van der Waals surface area (Å²) >= 11 is 0. The number of β-amino-alcohol motifs (C(OH)–C–C–N with tert-alkyl or cyclic N) is 1. The van der Waals surface area contributed by atoms with Crippen LogP contribution in [0.15, 0.2) is 18.2 Å². The van der Waals surface area contributed by atoms with Crippen LogP contribution in [0.5, 0.6) is 17.2 Å². The first-order valence-corrected chi connectivity index (χ1v) is 16.9. The van der Waals surface area contributed by atoms with Gasteiger partial charge in [-0.25, -0.2) is 4.79 Å². The molecule has 2 heterocycles. The molecule has 2 fully saturated rings. The Morgan fingerprint density at radius 2 is 1.71 bits per heavy atom. The second-order valence-corrected chi connectivity index (χ2v) is 14.7. The van der Waals surface area contributed by atoms with Gasteiger partial charge in [-0.2, -0.15) is 0 Å². The first kappa shape index (κ1) is 36.7. The van der Waals surface area contributed by atoms with Gasteiger partial charge in [0.1, 0.15) is 34.7 Å². The molecule has 0 radical (unpaired) electrons. The maximum atomic E-state index is 13.9.